The van der Waals surface area contributed by atoms with Crippen LogP contribution in [0.15, 0.2) is 54.6 Å². The lowest BCUT2D eigenvalue weighted by Gasteiger charge is -2.19. The second kappa shape index (κ2) is 11.0. The van der Waals surface area contributed by atoms with Gasteiger partial charge in [0.2, 0.25) is 0 Å². The van der Waals surface area contributed by atoms with Crippen molar-refractivity contribution in [3.05, 3.63) is 82.4 Å². The molecule has 0 saturated heterocycles. The highest BCUT2D eigenvalue weighted by Gasteiger charge is 2.31. The highest BCUT2D eigenvalue weighted by Crippen LogP contribution is 2.40. The average molecular weight is 452 g/mol. The summed E-state index contributed by atoms with van der Waals surface area (Å²) in [7, 11) is 0. The summed E-state index contributed by atoms with van der Waals surface area (Å²) >= 11 is 0. The lowest BCUT2D eigenvalue weighted by Crippen LogP contribution is -2.16. The second-order valence-electron chi connectivity index (χ2n) is 7.09. The molecule has 3 rings (SSSR count). The molecular formula is C25H24O8. The predicted molar refractivity (Wildman–Crippen MR) is 122 cm³/mol. The van der Waals surface area contributed by atoms with Gasteiger partial charge < -0.3 is 25.5 Å². The first kappa shape index (κ1) is 25.3. The second-order valence-corrected chi connectivity index (χ2v) is 7.09. The van der Waals surface area contributed by atoms with E-state index >= 15 is 0 Å². The molecule has 8 nitrogen and oxygen atoms in total. The van der Waals surface area contributed by atoms with Crippen molar-refractivity contribution in [3.63, 3.8) is 0 Å². The minimum atomic E-state index is -1.50. The van der Waals surface area contributed by atoms with E-state index in [0.717, 1.165) is 11.6 Å². The van der Waals surface area contributed by atoms with Crippen molar-refractivity contribution in [2.24, 2.45) is 0 Å². The van der Waals surface area contributed by atoms with Crippen LogP contribution in [0.25, 0.3) is 22.3 Å². The Labute approximate surface area is 190 Å². The number of rotatable bonds is 6. The van der Waals surface area contributed by atoms with Gasteiger partial charge in [0.05, 0.1) is 29.9 Å². The first-order chi connectivity index (χ1) is 15.6. The molecule has 0 amide bonds. The van der Waals surface area contributed by atoms with Crippen molar-refractivity contribution < 1.29 is 39.9 Å². The highest BCUT2D eigenvalue weighted by molar-refractivity contribution is 6.15. The van der Waals surface area contributed by atoms with Gasteiger partial charge in [-0.05, 0) is 47.7 Å². The molecule has 172 valence electrons. The van der Waals surface area contributed by atoms with Gasteiger partial charge in [-0.25, -0.2) is 14.4 Å². The Bertz CT molecular complexity index is 1200. The first-order valence-corrected chi connectivity index (χ1v) is 9.90. The number of aliphatic hydroxyl groups excluding tert-OH is 2. The van der Waals surface area contributed by atoms with Gasteiger partial charge in [-0.2, -0.15) is 0 Å². The molecule has 0 aromatic heterocycles. The summed E-state index contributed by atoms with van der Waals surface area (Å²) in [6.45, 7) is 3.24. The van der Waals surface area contributed by atoms with E-state index in [1.807, 2.05) is 0 Å². The van der Waals surface area contributed by atoms with Crippen LogP contribution in [0.1, 0.15) is 42.2 Å². The zero-order valence-electron chi connectivity index (χ0n) is 18.1. The summed E-state index contributed by atoms with van der Waals surface area (Å²) in [6, 6.07) is 14.8. The molecule has 0 atom stereocenters. The van der Waals surface area contributed by atoms with Crippen molar-refractivity contribution >= 4 is 17.9 Å². The lowest BCUT2D eigenvalue weighted by molar-refractivity contribution is 0.0650. The van der Waals surface area contributed by atoms with Crippen molar-refractivity contribution in [1.82, 2.24) is 0 Å². The van der Waals surface area contributed by atoms with E-state index in [1.165, 1.54) is 0 Å². The Kier molecular flexibility index (Phi) is 8.44. The number of aromatic carboxylic acids is 3. The molecule has 0 aliphatic heterocycles. The van der Waals surface area contributed by atoms with Gasteiger partial charge in [-0.3, -0.25) is 0 Å². The van der Waals surface area contributed by atoms with Gasteiger partial charge in [0, 0.05) is 5.56 Å². The van der Waals surface area contributed by atoms with Crippen molar-refractivity contribution in [1.29, 1.82) is 0 Å². The van der Waals surface area contributed by atoms with Crippen molar-refractivity contribution in [2.45, 2.75) is 13.8 Å². The maximum absolute atomic E-state index is 12.3. The van der Waals surface area contributed by atoms with Crippen LogP contribution in [-0.4, -0.2) is 56.7 Å². The predicted octanol–water partition coefficient (Wildman–Crippen LogP) is 3.70. The Morgan fingerprint density at radius 2 is 1.09 bits per heavy atom. The molecule has 33 heavy (non-hydrogen) atoms. The summed E-state index contributed by atoms with van der Waals surface area (Å²) in [5, 5.41) is 44.8. The fourth-order valence-corrected chi connectivity index (χ4v) is 3.51. The zero-order valence-corrected chi connectivity index (χ0v) is 18.1. The van der Waals surface area contributed by atoms with Crippen LogP contribution in [-0.2, 0) is 0 Å². The third-order valence-corrected chi connectivity index (χ3v) is 4.94. The molecule has 0 radical (unpaired) electrons. The molecule has 8 heteroatoms. The number of aryl methyl sites for hydroxylation is 2. The fourth-order valence-electron chi connectivity index (χ4n) is 3.51. The summed E-state index contributed by atoms with van der Waals surface area (Å²) in [5.74, 6) is -4.27. The van der Waals surface area contributed by atoms with Gasteiger partial charge in [0.1, 0.15) is 0 Å². The number of benzene rings is 3. The number of carbonyl (C=O) groups is 3. The topological polar surface area (TPSA) is 152 Å². The van der Waals surface area contributed by atoms with Gasteiger partial charge in [0.25, 0.3) is 0 Å². The SMILES string of the molecule is Cc1ccccc1-c1cc(C(=O)O)c(C(=O)O)c(-c2ccccc2C)c1C(=O)O.OCCO. The van der Waals surface area contributed by atoms with Crippen LogP contribution < -0.4 is 0 Å². The van der Waals surface area contributed by atoms with Crippen LogP contribution in [0.4, 0.5) is 0 Å². The van der Waals surface area contributed by atoms with Crippen molar-refractivity contribution in [3.8, 4) is 22.3 Å². The van der Waals surface area contributed by atoms with Crippen LogP contribution >= 0.6 is 0 Å². The van der Waals surface area contributed by atoms with Crippen LogP contribution in [0.5, 0.6) is 0 Å². The Hall–Kier alpha value is -4.01. The molecule has 0 unspecified atom stereocenters. The standard InChI is InChI=1S/C23H18O6.C2H6O2/c1-12-7-3-5-9-14(12)16-11-17(21(24)25)20(23(28)29)18(19(16)22(26)27)15-10-6-4-8-13(15)2;3-1-2-4/h3-11H,1-2H3,(H,24,25)(H,26,27)(H,28,29);3-4H,1-2H2. The highest BCUT2D eigenvalue weighted by atomic mass is 16.4. The summed E-state index contributed by atoms with van der Waals surface area (Å²) in [5.41, 5.74) is 1.08. The summed E-state index contributed by atoms with van der Waals surface area (Å²) in [4.78, 5) is 36.3. The van der Waals surface area contributed by atoms with Gasteiger partial charge in [-0.15, -0.1) is 0 Å². The minimum Gasteiger partial charge on any atom is -0.478 e. The molecule has 3 aromatic carbocycles. The van der Waals surface area contributed by atoms with Gasteiger partial charge in [-0.1, -0.05) is 48.5 Å². The van der Waals surface area contributed by atoms with Crippen LogP contribution in [0.2, 0.25) is 0 Å². The maximum Gasteiger partial charge on any atom is 0.337 e. The number of carboxylic acid groups (broad SMARTS) is 3. The summed E-state index contributed by atoms with van der Waals surface area (Å²) in [6.07, 6.45) is 0. The molecule has 0 fully saturated rings. The summed E-state index contributed by atoms with van der Waals surface area (Å²) < 4.78 is 0. The van der Waals surface area contributed by atoms with E-state index in [4.69, 9.17) is 10.2 Å². The van der Waals surface area contributed by atoms with E-state index in [1.54, 1.807) is 62.4 Å². The van der Waals surface area contributed by atoms with Gasteiger partial charge in [0.15, 0.2) is 0 Å². The number of carboxylic acids is 3. The smallest absolute Gasteiger partial charge is 0.337 e. The lowest BCUT2D eigenvalue weighted by atomic mass is 9.83. The Balaban J connectivity index is 0.000000890. The van der Waals surface area contributed by atoms with Crippen LogP contribution in [0.3, 0.4) is 0 Å². The van der Waals surface area contributed by atoms with Gasteiger partial charge >= 0.3 is 17.9 Å². The molecular weight excluding hydrogens is 428 g/mol. The van der Waals surface area contributed by atoms with E-state index in [2.05, 4.69) is 0 Å². The maximum atomic E-state index is 12.3. The molecule has 0 bridgehead atoms. The quantitative estimate of drug-likeness (QED) is 0.379. The third kappa shape index (κ3) is 5.43. The van der Waals surface area contributed by atoms with E-state index in [-0.39, 0.29) is 29.9 Å². The molecule has 0 heterocycles. The number of hydrogen-bond acceptors (Lipinski definition) is 5. The Morgan fingerprint density at radius 1 is 0.636 bits per heavy atom. The molecule has 0 spiro atoms. The first-order valence-electron chi connectivity index (χ1n) is 9.90. The monoisotopic (exact) mass is 452 g/mol. The average Bonchev–Trinajstić information content (AvgIpc) is 2.78. The molecule has 3 aromatic rings. The van der Waals surface area contributed by atoms with E-state index in [0.29, 0.717) is 16.7 Å². The molecule has 0 saturated carbocycles. The van der Waals surface area contributed by atoms with E-state index < -0.39 is 29.0 Å². The molecule has 5 N–H and O–H groups in total. The minimum absolute atomic E-state index is 0.110. The largest absolute Gasteiger partial charge is 0.478 e. The normalized spacial score (nSPS) is 10.2. The van der Waals surface area contributed by atoms with E-state index in [9.17, 15) is 29.7 Å². The number of hydrogen-bond donors (Lipinski definition) is 5. The zero-order chi connectivity index (χ0) is 24.7. The fraction of sp³-hybridized carbons (Fsp3) is 0.160. The number of aliphatic hydroxyl groups is 2. The third-order valence-electron chi connectivity index (χ3n) is 4.94. The molecule has 0 aliphatic rings. The molecule has 0 aliphatic carbocycles. The van der Waals surface area contributed by atoms with Crippen LogP contribution in [0, 0.1) is 13.8 Å². The van der Waals surface area contributed by atoms with Crippen molar-refractivity contribution in [2.75, 3.05) is 13.2 Å². The Morgan fingerprint density at radius 3 is 1.48 bits per heavy atom.